The smallest absolute Gasteiger partial charge is 0.140 e. The molecule has 5 heteroatoms. The minimum absolute atomic E-state index is 0.230. The van der Waals surface area contributed by atoms with Gasteiger partial charge in [0.1, 0.15) is 17.5 Å². The summed E-state index contributed by atoms with van der Waals surface area (Å²) in [5.41, 5.74) is 6.05. The average molecular weight is 283 g/mol. The van der Waals surface area contributed by atoms with Crippen molar-refractivity contribution < 1.29 is 13.2 Å². The maximum Gasteiger partial charge on any atom is 0.140 e. The zero-order valence-corrected chi connectivity index (χ0v) is 11.0. The second-order valence-electron chi connectivity index (χ2n) is 4.12. The van der Waals surface area contributed by atoms with E-state index in [1.807, 2.05) is 0 Å². The summed E-state index contributed by atoms with van der Waals surface area (Å²) in [7, 11) is 0. The number of nitrogens with two attached hydrogens (primary N) is 1. The van der Waals surface area contributed by atoms with Crippen LogP contribution in [0.1, 0.15) is 18.5 Å². The molecule has 0 heterocycles. The molecular formula is C14H12F3NS. The van der Waals surface area contributed by atoms with E-state index in [-0.39, 0.29) is 4.90 Å². The van der Waals surface area contributed by atoms with Gasteiger partial charge in [-0.1, -0.05) is 17.8 Å². The van der Waals surface area contributed by atoms with Gasteiger partial charge in [-0.2, -0.15) is 0 Å². The summed E-state index contributed by atoms with van der Waals surface area (Å²) >= 11 is 1.03. The second-order valence-corrected chi connectivity index (χ2v) is 5.20. The molecule has 0 aliphatic heterocycles. The van der Waals surface area contributed by atoms with E-state index >= 15 is 0 Å². The Morgan fingerprint density at radius 3 is 2.37 bits per heavy atom. The Labute approximate surface area is 113 Å². The van der Waals surface area contributed by atoms with Crippen LogP contribution in [0.15, 0.2) is 46.2 Å². The first kappa shape index (κ1) is 14.0. The molecular weight excluding hydrogens is 271 g/mol. The minimum Gasteiger partial charge on any atom is -0.324 e. The highest BCUT2D eigenvalue weighted by Crippen LogP contribution is 2.35. The first-order valence-corrected chi connectivity index (χ1v) is 6.47. The molecule has 0 bridgehead atoms. The molecule has 2 aromatic rings. The number of halogens is 3. The molecule has 0 aromatic heterocycles. The highest BCUT2D eigenvalue weighted by atomic mass is 32.2. The van der Waals surface area contributed by atoms with Crippen molar-refractivity contribution in [1.29, 1.82) is 0 Å². The van der Waals surface area contributed by atoms with Gasteiger partial charge in [0.2, 0.25) is 0 Å². The van der Waals surface area contributed by atoms with E-state index in [0.29, 0.717) is 10.5 Å². The van der Waals surface area contributed by atoms with Crippen molar-refractivity contribution in [3.63, 3.8) is 0 Å². The molecule has 2 N–H and O–H groups in total. The monoisotopic (exact) mass is 283 g/mol. The fourth-order valence-electron chi connectivity index (χ4n) is 1.72. The molecule has 0 saturated carbocycles. The maximum absolute atomic E-state index is 13.7. The molecule has 0 spiro atoms. The Kier molecular flexibility index (Phi) is 4.17. The average Bonchev–Trinajstić information content (AvgIpc) is 2.32. The molecule has 19 heavy (non-hydrogen) atoms. The fourth-order valence-corrected chi connectivity index (χ4v) is 2.79. The van der Waals surface area contributed by atoms with Gasteiger partial charge in [-0.05, 0) is 31.2 Å². The molecule has 1 unspecified atom stereocenters. The largest absolute Gasteiger partial charge is 0.324 e. The summed E-state index contributed by atoms with van der Waals surface area (Å²) in [5.74, 6) is -1.75. The van der Waals surface area contributed by atoms with Gasteiger partial charge >= 0.3 is 0 Å². The topological polar surface area (TPSA) is 26.0 Å². The fraction of sp³-hybridized carbons (Fsp3) is 0.143. The SMILES string of the molecule is CC(N)c1c(F)cccc1Sc1ccc(F)cc1F. The van der Waals surface area contributed by atoms with E-state index in [0.717, 1.165) is 23.9 Å². The molecule has 2 aromatic carbocycles. The van der Waals surface area contributed by atoms with Crippen molar-refractivity contribution in [3.05, 3.63) is 59.4 Å². The quantitative estimate of drug-likeness (QED) is 0.910. The van der Waals surface area contributed by atoms with Crippen LogP contribution in [-0.2, 0) is 0 Å². The standard InChI is InChI=1S/C14H12F3NS/c1-8(18)14-10(16)3-2-4-13(14)19-12-6-5-9(15)7-11(12)17/h2-8H,18H2,1H3. The highest BCUT2D eigenvalue weighted by Gasteiger charge is 2.15. The highest BCUT2D eigenvalue weighted by molar-refractivity contribution is 7.99. The lowest BCUT2D eigenvalue weighted by atomic mass is 10.1. The normalized spacial score (nSPS) is 12.5. The van der Waals surface area contributed by atoms with Gasteiger partial charge in [-0.15, -0.1) is 0 Å². The summed E-state index contributed by atoms with van der Waals surface area (Å²) in [6.45, 7) is 1.66. The first-order chi connectivity index (χ1) is 8.99. The second kappa shape index (κ2) is 5.67. The van der Waals surface area contributed by atoms with Crippen molar-refractivity contribution in [1.82, 2.24) is 0 Å². The predicted molar refractivity (Wildman–Crippen MR) is 69.5 cm³/mol. The predicted octanol–water partition coefficient (Wildman–Crippen LogP) is 4.27. The summed E-state index contributed by atoms with van der Waals surface area (Å²) in [6.07, 6.45) is 0. The van der Waals surface area contributed by atoms with Crippen LogP contribution in [0.3, 0.4) is 0 Å². The van der Waals surface area contributed by atoms with E-state index < -0.39 is 23.5 Å². The van der Waals surface area contributed by atoms with Gasteiger partial charge < -0.3 is 5.73 Å². The molecule has 0 fully saturated rings. The van der Waals surface area contributed by atoms with Gasteiger partial charge in [-0.3, -0.25) is 0 Å². The van der Waals surface area contributed by atoms with E-state index in [1.54, 1.807) is 13.0 Å². The maximum atomic E-state index is 13.7. The first-order valence-electron chi connectivity index (χ1n) is 5.66. The van der Waals surface area contributed by atoms with Gasteiger partial charge in [0.25, 0.3) is 0 Å². The zero-order valence-electron chi connectivity index (χ0n) is 10.2. The molecule has 0 radical (unpaired) electrons. The number of hydrogen-bond acceptors (Lipinski definition) is 2. The van der Waals surface area contributed by atoms with Crippen LogP contribution in [0.4, 0.5) is 13.2 Å². The third kappa shape index (κ3) is 3.11. The van der Waals surface area contributed by atoms with Crippen LogP contribution in [0.2, 0.25) is 0 Å². The molecule has 1 nitrogen and oxygen atoms in total. The summed E-state index contributed by atoms with van der Waals surface area (Å²) < 4.78 is 40.1. The Bertz CT molecular complexity index is 599. The van der Waals surface area contributed by atoms with Gasteiger partial charge in [0.15, 0.2) is 0 Å². The third-order valence-corrected chi connectivity index (χ3v) is 3.71. The molecule has 1 atom stereocenters. The molecule has 0 aliphatic carbocycles. The number of hydrogen-bond donors (Lipinski definition) is 1. The van der Waals surface area contributed by atoms with Gasteiger partial charge in [0.05, 0.1) is 0 Å². The van der Waals surface area contributed by atoms with Crippen LogP contribution < -0.4 is 5.73 Å². The van der Waals surface area contributed by atoms with E-state index in [2.05, 4.69) is 0 Å². The molecule has 0 saturated heterocycles. The Morgan fingerprint density at radius 2 is 1.74 bits per heavy atom. The minimum atomic E-state index is -0.676. The van der Waals surface area contributed by atoms with Crippen LogP contribution in [-0.4, -0.2) is 0 Å². The van der Waals surface area contributed by atoms with Crippen LogP contribution in [0.5, 0.6) is 0 Å². The molecule has 2 rings (SSSR count). The van der Waals surface area contributed by atoms with Crippen molar-refractivity contribution in [2.24, 2.45) is 5.73 Å². The molecule has 0 amide bonds. The summed E-state index contributed by atoms with van der Waals surface area (Å²) in [5, 5.41) is 0. The number of rotatable bonds is 3. The lowest BCUT2D eigenvalue weighted by molar-refractivity contribution is 0.565. The summed E-state index contributed by atoms with van der Waals surface area (Å²) in [4.78, 5) is 0.759. The zero-order chi connectivity index (χ0) is 14.0. The Morgan fingerprint density at radius 1 is 1.00 bits per heavy atom. The van der Waals surface area contributed by atoms with Crippen molar-refractivity contribution >= 4 is 11.8 Å². The Balaban J connectivity index is 2.41. The molecule has 0 aliphatic rings. The van der Waals surface area contributed by atoms with Crippen molar-refractivity contribution in [2.75, 3.05) is 0 Å². The summed E-state index contributed by atoms with van der Waals surface area (Å²) in [6, 6.07) is 7.28. The van der Waals surface area contributed by atoms with Crippen LogP contribution in [0, 0.1) is 17.5 Å². The van der Waals surface area contributed by atoms with E-state index in [9.17, 15) is 13.2 Å². The third-order valence-electron chi connectivity index (χ3n) is 2.58. The van der Waals surface area contributed by atoms with Gasteiger partial charge in [-0.25, -0.2) is 13.2 Å². The van der Waals surface area contributed by atoms with Crippen molar-refractivity contribution in [3.8, 4) is 0 Å². The van der Waals surface area contributed by atoms with Crippen molar-refractivity contribution in [2.45, 2.75) is 22.8 Å². The van der Waals surface area contributed by atoms with Crippen LogP contribution in [0.25, 0.3) is 0 Å². The van der Waals surface area contributed by atoms with Gasteiger partial charge in [0, 0.05) is 27.5 Å². The van der Waals surface area contributed by atoms with E-state index in [4.69, 9.17) is 5.73 Å². The van der Waals surface area contributed by atoms with E-state index in [1.165, 1.54) is 18.2 Å². The molecule has 100 valence electrons. The lowest BCUT2D eigenvalue weighted by Gasteiger charge is -2.13. The Hall–Kier alpha value is -1.46. The number of benzene rings is 2. The van der Waals surface area contributed by atoms with Crippen LogP contribution >= 0.6 is 11.8 Å². The lowest BCUT2D eigenvalue weighted by Crippen LogP contribution is -2.09.